The summed E-state index contributed by atoms with van der Waals surface area (Å²) in [6.45, 7) is 0. The van der Waals surface area contributed by atoms with Crippen molar-refractivity contribution in [2.24, 2.45) is 5.92 Å². The second-order valence-corrected chi connectivity index (χ2v) is 4.49. The Hall–Kier alpha value is -0.830. The van der Waals surface area contributed by atoms with E-state index in [4.69, 9.17) is 4.74 Å². The van der Waals surface area contributed by atoms with Gasteiger partial charge in [0.05, 0.1) is 13.0 Å². The first-order valence-corrected chi connectivity index (χ1v) is 5.44. The normalized spacial score (nSPS) is 29.7. The van der Waals surface area contributed by atoms with E-state index in [0.29, 0.717) is 0 Å². The first-order valence-electron chi connectivity index (χ1n) is 4.52. The van der Waals surface area contributed by atoms with E-state index in [1.165, 1.54) is 12.7 Å². The van der Waals surface area contributed by atoms with Crippen LogP contribution in [0.4, 0.5) is 0 Å². The summed E-state index contributed by atoms with van der Waals surface area (Å²) in [4.78, 5) is 11.5. The minimum absolute atomic E-state index is 0.0117. The molecule has 0 bridgehead atoms. The molecule has 1 aliphatic carbocycles. The maximum Gasteiger partial charge on any atom is 0.310 e. The van der Waals surface area contributed by atoms with Crippen molar-refractivity contribution in [3.63, 3.8) is 0 Å². The van der Waals surface area contributed by atoms with Crippen LogP contribution in [0.1, 0.15) is 11.5 Å². The molecule has 0 saturated heterocycles. The average molecular weight is 255 g/mol. The fourth-order valence-electron chi connectivity index (χ4n) is 1.75. The average Bonchev–Trinajstić information content (AvgIpc) is 2.90. The molecule has 1 aromatic rings. The molecule has 0 heterocycles. The number of hydrogen-bond donors (Lipinski definition) is 0. The minimum atomic E-state index is -0.124. The molecule has 1 saturated carbocycles. The summed E-state index contributed by atoms with van der Waals surface area (Å²) in [5.41, 5.74) is 1.20. The topological polar surface area (TPSA) is 26.3 Å². The Kier molecular flexibility index (Phi) is 2.59. The lowest BCUT2D eigenvalue weighted by Gasteiger charge is -1.97. The third-order valence-electron chi connectivity index (χ3n) is 2.59. The van der Waals surface area contributed by atoms with E-state index in [1.54, 1.807) is 0 Å². The van der Waals surface area contributed by atoms with Crippen molar-refractivity contribution >= 4 is 21.9 Å². The van der Waals surface area contributed by atoms with Crippen LogP contribution in [-0.4, -0.2) is 17.9 Å². The van der Waals surface area contributed by atoms with Crippen molar-refractivity contribution in [1.29, 1.82) is 0 Å². The molecule has 1 aliphatic rings. The molecule has 3 atom stereocenters. The van der Waals surface area contributed by atoms with E-state index >= 15 is 0 Å². The van der Waals surface area contributed by atoms with E-state index in [9.17, 15) is 4.79 Å². The monoisotopic (exact) mass is 254 g/mol. The molecular formula is C11H11BrO2. The molecule has 2 rings (SSSR count). The number of halogens is 1. The van der Waals surface area contributed by atoms with Gasteiger partial charge in [-0.05, 0) is 5.56 Å². The lowest BCUT2D eigenvalue weighted by Crippen LogP contribution is -2.04. The second-order valence-electron chi connectivity index (χ2n) is 3.43. The molecule has 0 aliphatic heterocycles. The number of carbonyl (C=O) groups excluding carboxylic acids is 1. The van der Waals surface area contributed by atoms with Crippen molar-refractivity contribution < 1.29 is 9.53 Å². The standard InChI is InChI=1S/C11H11BrO2/c1-14-11(13)9-8(10(9)12)7-5-3-2-4-6-7/h2-6,8-10H,1H3/t8-,9+,10-/m1/s1. The van der Waals surface area contributed by atoms with Gasteiger partial charge in [-0.15, -0.1) is 0 Å². The predicted molar refractivity (Wildman–Crippen MR) is 57.4 cm³/mol. The van der Waals surface area contributed by atoms with Crippen molar-refractivity contribution in [2.45, 2.75) is 10.7 Å². The summed E-state index contributed by atoms with van der Waals surface area (Å²) in [6.07, 6.45) is 0. The molecule has 0 amide bonds. The first-order chi connectivity index (χ1) is 6.75. The lowest BCUT2D eigenvalue weighted by molar-refractivity contribution is -0.142. The van der Waals surface area contributed by atoms with Gasteiger partial charge in [0.25, 0.3) is 0 Å². The zero-order chi connectivity index (χ0) is 10.1. The van der Waals surface area contributed by atoms with E-state index < -0.39 is 0 Å². The second kappa shape index (κ2) is 3.73. The van der Waals surface area contributed by atoms with Crippen LogP contribution >= 0.6 is 15.9 Å². The fraction of sp³-hybridized carbons (Fsp3) is 0.364. The smallest absolute Gasteiger partial charge is 0.310 e. The molecule has 3 heteroatoms. The van der Waals surface area contributed by atoms with Crippen molar-refractivity contribution in [3.8, 4) is 0 Å². The van der Waals surface area contributed by atoms with Gasteiger partial charge in [0.2, 0.25) is 0 Å². The molecule has 14 heavy (non-hydrogen) atoms. The van der Waals surface area contributed by atoms with E-state index in [2.05, 4.69) is 15.9 Å². The summed E-state index contributed by atoms with van der Waals surface area (Å²) in [5.74, 6) is 0.145. The van der Waals surface area contributed by atoms with Gasteiger partial charge < -0.3 is 4.74 Å². The number of carbonyl (C=O) groups is 1. The number of hydrogen-bond acceptors (Lipinski definition) is 2. The van der Waals surface area contributed by atoms with Gasteiger partial charge >= 0.3 is 5.97 Å². The zero-order valence-electron chi connectivity index (χ0n) is 7.81. The highest BCUT2D eigenvalue weighted by molar-refractivity contribution is 9.09. The number of alkyl halides is 1. The van der Waals surface area contributed by atoms with Crippen LogP contribution in [0.3, 0.4) is 0 Å². The summed E-state index contributed by atoms with van der Waals surface area (Å²) < 4.78 is 4.73. The SMILES string of the molecule is COC(=O)[C@@H]1[C@H](Br)[C@@H]1c1ccccc1. The van der Waals surface area contributed by atoms with Gasteiger partial charge in [-0.3, -0.25) is 4.79 Å². The third-order valence-corrected chi connectivity index (χ3v) is 3.73. The molecule has 1 fully saturated rings. The van der Waals surface area contributed by atoms with Crippen LogP contribution in [0.5, 0.6) is 0 Å². The van der Waals surface area contributed by atoms with Gasteiger partial charge in [0.1, 0.15) is 0 Å². The van der Waals surface area contributed by atoms with E-state index in [0.717, 1.165) is 0 Å². The zero-order valence-corrected chi connectivity index (χ0v) is 9.40. The summed E-state index contributed by atoms with van der Waals surface area (Å²) >= 11 is 3.49. The van der Waals surface area contributed by atoms with Gasteiger partial charge in [0.15, 0.2) is 0 Å². The summed E-state index contributed by atoms with van der Waals surface area (Å²) in [6, 6.07) is 10.0. The molecule has 0 radical (unpaired) electrons. The van der Waals surface area contributed by atoms with E-state index in [-0.39, 0.29) is 22.6 Å². The predicted octanol–water partition coefficient (Wildman–Crippen LogP) is 2.34. The lowest BCUT2D eigenvalue weighted by atomic mass is 10.1. The highest BCUT2D eigenvalue weighted by atomic mass is 79.9. The van der Waals surface area contributed by atoms with Crippen LogP contribution < -0.4 is 0 Å². The summed E-state index contributed by atoms with van der Waals surface area (Å²) in [7, 11) is 1.43. The van der Waals surface area contributed by atoms with Gasteiger partial charge in [0, 0.05) is 10.7 Å². The quantitative estimate of drug-likeness (QED) is 0.599. The van der Waals surface area contributed by atoms with Crippen molar-refractivity contribution in [2.75, 3.05) is 7.11 Å². The molecule has 0 N–H and O–H groups in total. The van der Waals surface area contributed by atoms with Crippen molar-refractivity contribution in [3.05, 3.63) is 35.9 Å². The van der Waals surface area contributed by atoms with Crippen LogP contribution in [0.25, 0.3) is 0 Å². The molecule has 1 aromatic carbocycles. The first kappa shape index (κ1) is 9.71. The Labute approximate surface area is 91.4 Å². The third kappa shape index (κ3) is 1.57. The van der Waals surface area contributed by atoms with Crippen LogP contribution in [0.15, 0.2) is 30.3 Å². The number of ether oxygens (including phenoxy) is 1. The van der Waals surface area contributed by atoms with Crippen LogP contribution in [-0.2, 0) is 9.53 Å². The molecule has 74 valence electrons. The highest BCUT2D eigenvalue weighted by Crippen LogP contribution is 2.53. The highest BCUT2D eigenvalue weighted by Gasteiger charge is 2.54. The Balaban J connectivity index is 2.13. The largest absolute Gasteiger partial charge is 0.469 e. The minimum Gasteiger partial charge on any atom is -0.469 e. The van der Waals surface area contributed by atoms with Gasteiger partial charge in [-0.1, -0.05) is 46.3 Å². The fourth-order valence-corrected chi connectivity index (χ4v) is 2.76. The number of methoxy groups -OCH3 is 1. The van der Waals surface area contributed by atoms with Gasteiger partial charge in [-0.25, -0.2) is 0 Å². The Bertz CT molecular complexity index is 336. The van der Waals surface area contributed by atoms with Crippen LogP contribution in [0.2, 0.25) is 0 Å². The molecule has 0 spiro atoms. The Morgan fingerprint density at radius 3 is 2.57 bits per heavy atom. The number of esters is 1. The molecule has 0 aromatic heterocycles. The summed E-state index contributed by atoms with van der Waals surface area (Å²) in [5, 5.41) is 0. The molecular weight excluding hydrogens is 244 g/mol. The van der Waals surface area contributed by atoms with E-state index in [1.807, 2.05) is 30.3 Å². The number of rotatable bonds is 2. The Morgan fingerprint density at radius 1 is 1.36 bits per heavy atom. The van der Waals surface area contributed by atoms with Crippen molar-refractivity contribution in [1.82, 2.24) is 0 Å². The Morgan fingerprint density at radius 2 is 2.00 bits per heavy atom. The maximum absolute atomic E-state index is 11.3. The molecule has 2 nitrogen and oxygen atoms in total. The number of benzene rings is 1. The molecule has 0 unspecified atom stereocenters. The van der Waals surface area contributed by atoms with Gasteiger partial charge in [-0.2, -0.15) is 0 Å². The van der Waals surface area contributed by atoms with Crippen LogP contribution in [0, 0.1) is 5.92 Å². The maximum atomic E-state index is 11.3.